The van der Waals surface area contributed by atoms with Crippen LogP contribution in [0, 0.1) is 12.8 Å². The van der Waals surface area contributed by atoms with E-state index in [-0.39, 0.29) is 29.3 Å². The average Bonchev–Trinajstić information content (AvgIpc) is 3.41. The summed E-state index contributed by atoms with van der Waals surface area (Å²) in [4.78, 5) is 12.6. The Morgan fingerprint density at radius 2 is 1.92 bits per heavy atom. The lowest BCUT2D eigenvalue weighted by atomic mass is 10.2. The SMILES string of the molecule is CSCCC(NS(=O)(=O)c1ccc(C)cc1)C(=O)NCC(N)C1CC1.Cl. The Bertz CT molecular complexity index is 679. The lowest BCUT2D eigenvalue weighted by Crippen LogP contribution is -2.49. The highest BCUT2D eigenvalue weighted by Crippen LogP contribution is 2.31. The number of carbonyl (C=O) groups excluding carboxylic acids is 1. The van der Waals surface area contributed by atoms with E-state index in [9.17, 15) is 13.2 Å². The Morgan fingerprint density at radius 1 is 1.31 bits per heavy atom. The molecule has 1 aliphatic carbocycles. The topological polar surface area (TPSA) is 101 Å². The number of sulfonamides is 1. The molecule has 9 heteroatoms. The van der Waals surface area contributed by atoms with Crippen LogP contribution in [0.25, 0.3) is 0 Å². The van der Waals surface area contributed by atoms with Crippen molar-refractivity contribution in [2.24, 2.45) is 11.7 Å². The molecule has 1 aromatic carbocycles. The lowest BCUT2D eigenvalue weighted by molar-refractivity contribution is -0.122. The van der Waals surface area contributed by atoms with Crippen molar-refractivity contribution in [3.05, 3.63) is 29.8 Å². The fourth-order valence-electron chi connectivity index (χ4n) is 2.48. The third-order valence-corrected chi connectivity index (χ3v) is 6.43. The molecular formula is C17H28ClN3O3S2. The van der Waals surface area contributed by atoms with E-state index in [1.807, 2.05) is 13.2 Å². The number of halogens is 1. The van der Waals surface area contributed by atoms with E-state index < -0.39 is 16.1 Å². The second-order valence-corrected chi connectivity index (χ2v) is 9.21. The van der Waals surface area contributed by atoms with E-state index in [1.54, 1.807) is 36.0 Å². The standard InChI is InChI=1S/C17H27N3O3S2.ClH/c1-12-3-7-14(8-4-12)25(22,23)20-16(9-10-24-2)17(21)19-11-15(18)13-5-6-13;/h3-4,7-8,13,15-16,20H,5-6,9-11,18H2,1-2H3,(H,19,21);1H. The summed E-state index contributed by atoms with van der Waals surface area (Å²) in [5.74, 6) is 0.846. The molecule has 0 heterocycles. The molecule has 0 aliphatic heterocycles. The molecule has 1 amide bonds. The number of amides is 1. The second-order valence-electron chi connectivity index (χ2n) is 6.51. The molecule has 148 valence electrons. The number of nitrogens with one attached hydrogen (secondary N) is 2. The van der Waals surface area contributed by atoms with E-state index in [4.69, 9.17) is 5.73 Å². The van der Waals surface area contributed by atoms with Crippen LogP contribution in [0.2, 0.25) is 0 Å². The van der Waals surface area contributed by atoms with Gasteiger partial charge in [-0.25, -0.2) is 8.42 Å². The van der Waals surface area contributed by atoms with Crippen molar-refractivity contribution in [1.29, 1.82) is 0 Å². The normalized spacial score (nSPS) is 16.4. The van der Waals surface area contributed by atoms with E-state index in [1.165, 1.54) is 0 Å². The number of nitrogens with two attached hydrogens (primary N) is 1. The Hall–Kier alpha value is -0.800. The van der Waals surface area contributed by atoms with E-state index >= 15 is 0 Å². The molecule has 2 atom stereocenters. The van der Waals surface area contributed by atoms with Gasteiger partial charge in [-0.05, 0) is 56.2 Å². The fourth-order valence-corrected chi connectivity index (χ4v) is 4.19. The fraction of sp³-hybridized carbons (Fsp3) is 0.588. The van der Waals surface area contributed by atoms with Crippen molar-refractivity contribution >= 4 is 40.1 Å². The van der Waals surface area contributed by atoms with E-state index in [0.29, 0.717) is 24.6 Å². The maximum Gasteiger partial charge on any atom is 0.241 e. The molecular weight excluding hydrogens is 394 g/mol. The van der Waals surface area contributed by atoms with Crippen LogP contribution < -0.4 is 15.8 Å². The van der Waals surface area contributed by atoms with Gasteiger partial charge in [-0.3, -0.25) is 4.79 Å². The van der Waals surface area contributed by atoms with Gasteiger partial charge in [0.25, 0.3) is 0 Å². The van der Waals surface area contributed by atoms with Gasteiger partial charge in [-0.15, -0.1) is 12.4 Å². The van der Waals surface area contributed by atoms with Gasteiger partial charge in [-0.2, -0.15) is 16.5 Å². The molecule has 0 saturated heterocycles. The molecule has 0 aromatic heterocycles. The monoisotopic (exact) mass is 421 g/mol. The number of hydrogen-bond donors (Lipinski definition) is 3. The number of benzene rings is 1. The zero-order valence-electron chi connectivity index (χ0n) is 15.1. The average molecular weight is 422 g/mol. The summed E-state index contributed by atoms with van der Waals surface area (Å²) in [6.07, 6.45) is 4.56. The Morgan fingerprint density at radius 3 is 2.46 bits per heavy atom. The van der Waals surface area contributed by atoms with Gasteiger partial charge in [0, 0.05) is 12.6 Å². The van der Waals surface area contributed by atoms with Gasteiger partial charge in [0.1, 0.15) is 6.04 Å². The zero-order valence-corrected chi connectivity index (χ0v) is 17.6. The Balaban J connectivity index is 0.00000338. The molecule has 0 bridgehead atoms. The third-order valence-electron chi connectivity index (χ3n) is 4.30. The van der Waals surface area contributed by atoms with Crippen LogP contribution in [-0.2, 0) is 14.8 Å². The Kier molecular flexibility index (Phi) is 9.40. The molecule has 2 unspecified atom stereocenters. The van der Waals surface area contributed by atoms with E-state index in [2.05, 4.69) is 10.0 Å². The van der Waals surface area contributed by atoms with Gasteiger partial charge < -0.3 is 11.1 Å². The zero-order chi connectivity index (χ0) is 18.4. The van der Waals surface area contributed by atoms with Crippen LogP contribution in [-0.4, -0.2) is 45.0 Å². The Labute approximate surface area is 166 Å². The summed E-state index contributed by atoms with van der Waals surface area (Å²) in [6, 6.07) is 5.71. The lowest BCUT2D eigenvalue weighted by Gasteiger charge is -2.20. The summed E-state index contributed by atoms with van der Waals surface area (Å²) in [5.41, 5.74) is 6.98. The number of aryl methyl sites for hydroxylation is 1. The smallest absolute Gasteiger partial charge is 0.241 e. The van der Waals surface area contributed by atoms with Crippen LogP contribution in [0.5, 0.6) is 0 Å². The first-order valence-corrected chi connectivity index (χ1v) is 11.3. The summed E-state index contributed by atoms with van der Waals surface area (Å²) in [7, 11) is -3.75. The summed E-state index contributed by atoms with van der Waals surface area (Å²) >= 11 is 1.57. The van der Waals surface area contributed by atoms with Crippen molar-refractivity contribution in [2.75, 3.05) is 18.6 Å². The van der Waals surface area contributed by atoms with Crippen molar-refractivity contribution in [1.82, 2.24) is 10.0 Å². The predicted octanol–water partition coefficient (Wildman–Crippen LogP) is 1.67. The minimum Gasteiger partial charge on any atom is -0.353 e. The van der Waals surface area contributed by atoms with Crippen LogP contribution >= 0.6 is 24.2 Å². The highest BCUT2D eigenvalue weighted by atomic mass is 35.5. The van der Waals surface area contributed by atoms with Crippen molar-refractivity contribution in [2.45, 2.75) is 43.2 Å². The third kappa shape index (κ3) is 7.08. The first kappa shape index (κ1) is 23.2. The number of hydrogen-bond acceptors (Lipinski definition) is 5. The molecule has 1 aromatic rings. The van der Waals surface area contributed by atoms with Crippen molar-refractivity contribution < 1.29 is 13.2 Å². The second kappa shape index (κ2) is 10.5. The molecule has 0 spiro atoms. The molecule has 6 nitrogen and oxygen atoms in total. The summed E-state index contributed by atoms with van der Waals surface area (Å²) < 4.78 is 27.6. The van der Waals surface area contributed by atoms with Crippen LogP contribution in [0.15, 0.2) is 29.2 Å². The number of thioether (sulfide) groups is 1. The molecule has 2 rings (SSSR count). The molecule has 4 N–H and O–H groups in total. The van der Waals surface area contributed by atoms with Gasteiger partial charge >= 0.3 is 0 Å². The maximum absolute atomic E-state index is 12.6. The number of carbonyl (C=O) groups is 1. The van der Waals surface area contributed by atoms with Crippen molar-refractivity contribution in [3.8, 4) is 0 Å². The van der Waals surface area contributed by atoms with Crippen LogP contribution in [0.3, 0.4) is 0 Å². The van der Waals surface area contributed by atoms with E-state index in [0.717, 1.165) is 18.4 Å². The number of rotatable bonds is 10. The minimum atomic E-state index is -3.75. The van der Waals surface area contributed by atoms with Gasteiger partial charge in [0.2, 0.25) is 15.9 Å². The molecule has 1 aliphatic rings. The largest absolute Gasteiger partial charge is 0.353 e. The quantitative estimate of drug-likeness (QED) is 0.533. The highest BCUT2D eigenvalue weighted by Gasteiger charge is 2.30. The van der Waals surface area contributed by atoms with Crippen LogP contribution in [0.1, 0.15) is 24.8 Å². The summed E-state index contributed by atoms with van der Waals surface area (Å²) in [5, 5.41) is 2.80. The highest BCUT2D eigenvalue weighted by molar-refractivity contribution is 7.98. The first-order valence-electron chi connectivity index (χ1n) is 8.44. The van der Waals surface area contributed by atoms with Gasteiger partial charge in [0.15, 0.2) is 0 Å². The van der Waals surface area contributed by atoms with Crippen LogP contribution in [0.4, 0.5) is 0 Å². The van der Waals surface area contributed by atoms with Gasteiger partial charge in [-0.1, -0.05) is 17.7 Å². The summed E-state index contributed by atoms with van der Waals surface area (Å²) in [6.45, 7) is 2.27. The minimum absolute atomic E-state index is 0. The predicted molar refractivity (Wildman–Crippen MR) is 109 cm³/mol. The molecule has 26 heavy (non-hydrogen) atoms. The van der Waals surface area contributed by atoms with Gasteiger partial charge in [0.05, 0.1) is 4.90 Å². The van der Waals surface area contributed by atoms with Crippen molar-refractivity contribution in [3.63, 3.8) is 0 Å². The first-order chi connectivity index (χ1) is 11.8. The maximum atomic E-state index is 12.6. The molecule has 0 radical (unpaired) electrons. The molecule has 1 saturated carbocycles. The molecule has 1 fully saturated rings.